The van der Waals surface area contributed by atoms with E-state index in [1.165, 1.54) is 6.04 Å². The van der Waals surface area contributed by atoms with Crippen LogP contribution in [0.2, 0.25) is 6.04 Å². The van der Waals surface area contributed by atoms with Crippen LogP contribution in [0.4, 0.5) is 0 Å². The lowest BCUT2D eigenvalue weighted by atomic mass is 10.2. The molecule has 1 heterocycles. The molecular formula is C6H18O3Si3. The van der Waals surface area contributed by atoms with Gasteiger partial charge < -0.3 is 9.53 Å². The maximum Gasteiger partial charge on any atom is 0.305 e. The van der Waals surface area contributed by atoms with Gasteiger partial charge in [0.05, 0.1) is 5.92 Å². The van der Waals surface area contributed by atoms with Crippen LogP contribution in [-0.2, 0) is 9.22 Å². The lowest BCUT2D eigenvalue weighted by molar-refractivity contribution is -0.140. The third-order valence-corrected chi connectivity index (χ3v) is 15.6. The molecule has 0 radical (unpaired) electrons. The fraction of sp³-hybridized carbons (Fsp3) is 0.833. The van der Waals surface area contributed by atoms with Gasteiger partial charge in [-0.15, -0.1) is 0 Å². The number of carboxylic acid groups (broad SMARTS) is 1. The molecule has 0 saturated carbocycles. The highest BCUT2D eigenvalue weighted by Gasteiger charge is 1.99. The van der Waals surface area contributed by atoms with Gasteiger partial charge in [-0.25, -0.2) is 0 Å². The summed E-state index contributed by atoms with van der Waals surface area (Å²) in [4.78, 5) is 9.70. The van der Waals surface area contributed by atoms with Crippen LogP contribution in [0, 0.1) is 5.92 Å². The molecule has 0 aromatic heterocycles. The summed E-state index contributed by atoms with van der Waals surface area (Å²) in [5.41, 5.74) is 0. The van der Waals surface area contributed by atoms with Crippen LogP contribution < -0.4 is 0 Å². The number of carbonyl (C=O) groups is 1. The predicted octanol–water partition coefficient (Wildman–Crippen LogP) is -1.59. The first-order valence-electron chi connectivity index (χ1n) is 4.45. The van der Waals surface area contributed by atoms with E-state index >= 15 is 0 Å². The zero-order valence-electron chi connectivity index (χ0n) is 7.88. The third-order valence-electron chi connectivity index (χ3n) is 1.57. The van der Waals surface area contributed by atoms with Gasteiger partial charge in [0.15, 0.2) is 0 Å². The van der Waals surface area contributed by atoms with Crippen LogP contribution in [0.5, 0.6) is 0 Å². The van der Waals surface area contributed by atoms with Crippen molar-refractivity contribution in [2.24, 2.45) is 5.92 Å². The Balaban J connectivity index is 0.000000202. The van der Waals surface area contributed by atoms with Crippen molar-refractivity contribution in [2.75, 3.05) is 6.61 Å². The maximum atomic E-state index is 9.70. The second kappa shape index (κ2) is 7.72. The van der Waals surface area contributed by atoms with Crippen LogP contribution in [0.1, 0.15) is 13.8 Å². The minimum atomic E-state index is -0.741. The summed E-state index contributed by atoms with van der Waals surface area (Å²) >= 11 is 0. The first-order valence-corrected chi connectivity index (χ1v) is 14.0. The molecule has 1 N–H and O–H groups in total. The van der Waals surface area contributed by atoms with Gasteiger partial charge >= 0.3 is 5.97 Å². The summed E-state index contributed by atoms with van der Waals surface area (Å²) in [6.07, 6.45) is 0. The molecule has 3 nitrogen and oxygen atoms in total. The number of hydrogen-bond acceptors (Lipinski definition) is 2. The lowest BCUT2D eigenvalue weighted by Gasteiger charge is -2.06. The van der Waals surface area contributed by atoms with Crippen molar-refractivity contribution in [3.05, 3.63) is 0 Å². The topological polar surface area (TPSA) is 46.5 Å². The Morgan fingerprint density at radius 2 is 2.17 bits per heavy atom. The fourth-order valence-corrected chi connectivity index (χ4v) is 13.0. The Morgan fingerprint density at radius 3 is 2.25 bits per heavy atom. The summed E-state index contributed by atoms with van der Waals surface area (Å²) in [6, 6.07) is 1.51. The number of carboxylic acids is 1. The fourth-order valence-electron chi connectivity index (χ4n) is 0.687. The van der Waals surface area contributed by atoms with Crippen LogP contribution in [0.15, 0.2) is 0 Å². The molecule has 1 rings (SSSR count). The van der Waals surface area contributed by atoms with Crippen LogP contribution >= 0.6 is 0 Å². The molecular weight excluding hydrogens is 204 g/mol. The SMILES string of the molecule is C1C[SiH2][SiH2][SiH2]O1.CC(C)C(=O)O. The zero-order chi connectivity index (χ0) is 9.40. The Morgan fingerprint density at radius 1 is 1.58 bits per heavy atom. The lowest BCUT2D eigenvalue weighted by Crippen LogP contribution is -2.23. The van der Waals surface area contributed by atoms with E-state index in [0.29, 0.717) is 17.6 Å². The molecule has 0 amide bonds. The monoisotopic (exact) mass is 222 g/mol. The molecule has 0 atom stereocenters. The molecule has 0 bridgehead atoms. The summed E-state index contributed by atoms with van der Waals surface area (Å²) in [5.74, 6) is -0.972. The van der Waals surface area contributed by atoms with Crippen molar-refractivity contribution >= 4 is 32.8 Å². The standard InChI is InChI=1S/C4H8O2.C2H10OSi3/c1-3(2)4(5)6;1-2-4-6-5-3-1/h3H,1-2H3,(H,5,6);1-2,4-6H2. The van der Waals surface area contributed by atoms with E-state index < -0.39 is 5.97 Å². The van der Waals surface area contributed by atoms with Gasteiger partial charge in [0.25, 0.3) is 0 Å². The van der Waals surface area contributed by atoms with Gasteiger partial charge in [-0.1, -0.05) is 13.8 Å². The summed E-state index contributed by atoms with van der Waals surface area (Å²) in [7, 11) is 1.36. The van der Waals surface area contributed by atoms with Crippen LogP contribution in [-0.4, -0.2) is 44.6 Å². The maximum absolute atomic E-state index is 9.70. The predicted molar refractivity (Wildman–Crippen MR) is 58.9 cm³/mol. The Labute approximate surface area is 80.1 Å². The highest BCUT2D eigenvalue weighted by atomic mass is 29.5. The molecule has 0 aromatic rings. The number of aliphatic carboxylic acids is 1. The molecule has 1 aliphatic rings. The second-order valence-corrected chi connectivity index (χ2v) is 17.9. The number of hydrogen-bond donors (Lipinski definition) is 1. The molecule has 1 saturated heterocycles. The van der Waals surface area contributed by atoms with Crippen molar-refractivity contribution < 1.29 is 14.3 Å². The van der Waals surface area contributed by atoms with E-state index in [1.807, 2.05) is 0 Å². The minimum absolute atomic E-state index is 0.209. The summed E-state index contributed by atoms with van der Waals surface area (Å²) in [6.45, 7) is 4.44. The molecule has 1 aliphatic heterocycles. The molecule has 0 spiro atoms. The normalized spacial score (nSPS) is 22.6. The second-order valence-electron chi connectivity index (χ2n) is 3.17. The highest BCUT2D eigenvalue weighted by molar-refractivity contribution is 7.28. The first-order chi connectivity index (χ1) is 5.64. The van der Waals surface area contributed by atoms with Gasteiger partial charge in [-0.05, 0) is 6.04 Å². The molecule has 1 fully saturated rings. The van der Waals surface area contributed by atoms with Crippen molar-refractivity contribution in [3.8, 4) is 0 Å². The Kier molecular flexibility index (Phi) is 7.77. The van der Waals surface area contributed by atoms with Crippen LogP contribution in [0.25, 0.3) is 0 Å². The average Bonchev–Trinajstić information content (AvgIpc) is 2.08. The van der Waals surface area contributed by atoms with E-state index in [2.05, 4.69) is 0 Å². The van der Waals surface area contributed by atoms with Gasteiger partial charge in [-0.3, -0.25) is 4.79 Å². The quantitative estimate of drug-likeness (QED) is 0.545. The first kappa shape index (κ1) is 12.1. The molecule has 6 heteroatoms. The largest absolute Gasteiger partial charge is 0.481 e. The molecule has 0 aromatic carbocycles. The van der Waals surface area contributed by atoms with E-state index in [0.717, 1.165) is 6.61 Å². The van der Waals surface area contributed by atoms with E-state index in [4.69, 9.17) is 9.53 Å². The summed E-state index contributed by atoms with van der Waals surface area (Å²) in [5, 5.41) is 7.99. The average molecular weight is 222 g/mol. The smallest absolute Gasteiger partial charge is 0.305 e. The zero-order valence-corrected chi connectivity index (χ0v) is 12.1. The molecule has 72 valence electrons. The van der Waals surface area contributed by atoms with Crippen molar-refractivity contribution in [2.45, 2.75) is 19.9 Å². The Bertz CT molecular complexity index is 114. The molecule has 0 aliphatic carbocycles. The summed E-state index contributed by atoms with van der Waals surface area (Å²) < 4.78 is 5.30. The highest BCUT2D eigenvalue weighted by Crippen LogP contribution is 1.87. The van der Waals surface area contributed by atoms with E-state index in [9.17, 15) is 4.79 Å². The van der Waals surface area contributed by atoms with Gasteiger partial charge in [0, 0.05) is 24.2 Å². The molecule has 12 heavy (non-hydrogen) atoms. The van der Waals surface area contributed by atoms with Crippen LogP contribution in [0.3, 0.4) is 0 Å². The number of rotatable bonds is 1. The molecule has 0 unspecified atom stereocenters. The third kappa shape index (κ3) is 8.18. The minimum Gasteiger partial charge on any atom is -0.481 e. The van der Waals surface area contributed by atoms with Crippen molar-refractivity contribution in [3.63, 3.8) is 0 Å². The van der Waals surface area contributed by atoms with Gasteiger partial charge in [-0.2, -0.15) is 0 Å². The van der Waals surface area contributed by atoms with E-state index in [1.54, 1.807) is 13.8 Å². The Hall–Kier alpha value is 0.0806. The van der Waals surface area contributed by atoms with Crippen molar-refractivity contribution in [1.29, 1.82) is 0 Å². The van der Waals surface area contributed by atoms with Gasteiger partial charge in [0.2, 0.25) is 0 Å². The van der Waals surface area contributed by atoms with Crippen molar-refractivity contribution in [1.82, 2.24) is 0 Å². The van der Waals surface area contributed by atoms with E-state index in [-0.39, 0.29) is 15.2 Å². The van der Waals surface area contributed by atoms with Gasteiger partial charge in [0.1, 0.15) is 9.28 Å².